The number of likely N-dealkylation sites (tertiary alicyclic amines) is 1. The summed E-state index contributed by atoms with van der Waals surface area (Å²) in [6.07, 6.45) is 2.81. The minimum absolute atomic E-state index is 0.0235. The molecule has 5 nitrogen and oxygen atoms in total. The minimum atomic E-state index is -0.132. The van der Waals surface area contributed by atoms with Crippen LogP contribution in [0.25, 0.3) is 0 Å². The van der Waals surface area contributed by atoms with Gasteiger partial charge in [0.05, 0.1) is 13.0 Å². The fraction of sp³-hybridized carbons (Fsp3) is 0.526. The van der Waals surface area contributed by atoms with Crippen molar-refractivity contribution >= 4 is 18.2 Å². The molecule has 24 heavy (non-hydrogen) atoms. The van der Waals surface area contributed by atoms with E-state index >= 15 is 0 Å². The van der Waals surface area contributed by atoms with Gasteiger partial charge >= 0.3 is 12.3 Å². The molecule has 1 aliphatic rings. The maximum atomic E-state index is 12.5. The zero-order chi connectivity index (χ0) is 17.7. The van der Waals surface area contributed by atoms with Gasteiger partial charge in [0.15, 0.2) is 0 Å². The molecule has 5 heteroatoms. The van der Waals surface area contributed by atoms with Crippen molar-refractivity contribution in [3.05, 3.63) is 35.4 Å². The van der Waals surface area contributed by atoms with Crippen molar-refractivity contribution < 1.29 is 18.9 Å². The quantitative estimate of drug-likeness (QED) is 0.594. The number of rotatable bonds is 6. The van der Waals surface area contributed by atoms with Gasteiger partial charge < -0.3 is 4.90 Å². The van der Waals surface area contributed by atoms with Gasteiger partial charge in [0.1, 0.15) is 6.04 Å². The van der Waals surface area contributed by atoms with Crippen molar-refractivity contribution in [3.63, 3.8) is 0 Å². The molecule has 3 amide bonds. The van der Waals surface area contributed by atoms with Crippen LogP contribution in [0.5, 0.6) is 0 Å². The predicted molar refractivity (Wildman–Crippen MR) is 91.8 cm³/mol. The number of quaternary nitrogens is 1. The van der Waals surface area contributed by atoms with Crippen LogP contribution in [0.15, 0.2) is 24.3 Å². The third kappa shape index (κ3) is 3.90. The third-order valence-corrected chi connectivity index (χ3v) is 5.11. The molecule has 0 N–H and O–H groups in total. The van der Waals surface area contributed by atoms with E-state index in [9.17, 15) is 14.4 Å². The molecule has 1 heterocycles. The Hall–Kier alpha value is -2.01. The third-order valence-electron chi connectivity index (χ3n) is 5.11. The number of benzene rings is 1. The second-order valence-corrected chi connectivity index (χ2v) is 6.88. The van der Waals surface area contributed by atoms with Crippen LogP contribution in [0.2, 0.25) is 0 Å². The van der Waals surface area contributed by atoms with Crippen LogP contribution in [0.1, 0.15) is 43.7 Å². The Bertz CT molecular complexity index is 612. The summed E-state index contributed by atoms with van der Waals surface area (Å²) in [7, 11) is 1.75. The van der Waals surface area contributed by atoms with Crippen LogP contribution in [-0.4, -0.2) is 47.2 Å². The molecule has 130 valence electrons. The SMILES string of the molecule is Cc1ccc(CN(C)C(=O)CCC(=O)[N+]2(C=O)CCC[C@H]2C)cc1. The first-order valence-electron chi connectivity index (χ1n) is 8.55. The molecule has 0 bridgehead atoms. The molecule has 1 aromatic carbocycles. The highest BCUT2D eigenvalue weighted by Crippen LogP contribution is 2.26. The zero-order valence-corrected chi connectivity index (χ0v) is 14.8. The molecule has 1 aliphatic heterocycles. The smallest absolute Gasteiger partial charge is 0.321 e. The Labute approximate surface area is 143 Å². The summed E-state index contributed by atoms with van der Waals surface area (Å²) < 4.78 is -0.116. The van der Waals surface area contributed by atoms with Gasteiger partial charge in [-0.15, -0.1) is 0 Å². The molecule has 0 aliphatic carbocycles. The van der Waals surface area contributed by atoms with Gasteiger partial charge in [-0.25, -0.2) is 9.59 Å². The summed E-state index contributed by atoms with van der Waals surface area (Å²) in [4.78, 5) is 37.9. The molecule has 0 aromatic heterocycles. The number of nitrogens with zero attached hydrogens (tertiary/aromatic N) is 2. The Morgan fingerprint density at radius 1 is 1.25 bits per heavy atom. The summed E-state index contributed by atoms with van der Waals surface area (Å²) >= 11 is 0. The van der Waals surface area contributed by atoms with Crippen LogP contribution in [0.4, 0.5) is 0 Å². The lowest BCUT2D eigenvalue weighted by molar-refractivity contribution is -0.780. The van der Waals surface area contributed by atoms with Crippen molar-refractivity contribution in [1.29, 1.82) is 0 Å². The molecule has 1 fully saturated rings. The lowest BCUT2D eigenvalue weighted by Gasteiger charge is -2.28. The molecule has 1 saturated heterocycles. The van der Waals surface area contributed by atoms with Gasteiger partial charge in [0.2, 0.25) is 5.91 Å². The first kappa shape index (κ1) is 18.3. The van der Waals surface area contributed by atoms with E-state index in [1.54, 1.807) is 11.9 Å². The van der Waals surface area contributed by atoms with Crippen LogP contribution >= 0.6 is 0 Å². The van der Waals surface area contributed by atoms with E-state index in [1.165, 1.54) is 5.56 Å². The average molecular weight is 331 g/mol. The zero-order valence-electron chi connectivity index (χ0n) is 14.8. The summed E-state index contributed by atoms with van der Waals surface area (Å²) in [5.41, 5.74) is 2.24. The fourth-order valence-electron chi connectivity index (χ4n) is 3.35. The largest absolute Gasteiger partial charge is 0.341 e. The van der Waals surface area contributed by atoms with E-state index in [2.05, 4.69) is 0 Å². The standard InChI is InChI=1S/C19H27N2O3/c1-15-6-8-17(9-7-15)13-20(3)18(23)10-11-19(24)21(14-22)12-4-5-16(21)2/h6-9,14,16H,4-5,10-13H2,1-3H3/q+1/t16-,21?/m1/s1. The Balaban J connectivity index is 1.88. The van der Waals surface area contributed by atoms with Crippen LogP contribution in [-0.2, 0) is 20.9 Å². The van der Waals surface area contributed by atoms with E-state index in [0.717, 1.165) is 24.8 Å². The Morgan fingerprint density at radius 3 is 2.46 bits per heavy atom. The molecule has 2 atom stereocenters. The fourth-order valence-corrected chi connectivity index (χ4v) is 3.35. The highest BCUT2D eigenvalue weighted by Gasteiger charge is 2.45. The number of aryl methyl sites for hydroxylation is 1. The van der Waals surface area contributed by atoms with Crippen molar-refractivity contribution in [1.82, 2.24) is 4.90 Å². The predicted octanol–water partition coefficient (Wildman–Crippen LogP) is 2.42. The summed E-state index contributed by atoms with van der Waals surface area (Å²) in [5, 5.41) is 0. The van der Waals surface area contributed by atoms with E-state index in [-0.39, 0.29) is 35.2 Å². The first-order valence-corrected chi connectivity index (χ1v) is 8.55. The normalized spacial score (nSPS) is 23.0. The molecule has 0 spiro atoms. The number of hydrogen-bond donors (Lipinski definition) is 0. The van der Waals surface area contributed by atoms with E-state index in [1.807, 2.05) is 38.1 Å². The summed E-state index contributed by atoms with van der Waals surface area (Å²) in [6, 6.07) is 8.06. The summed E-state index contributed by atoms with van der Waals surface area (Å²) in [5.74, 6) is -0.202. The highest BCUT2D eigenvalue weighted by molar-refractivity contribution is 5.83. The lowest BCUT2D eigenvalue weighted by atomic mass is 10.1. The van der Waals surface area contributed by atoms with Crippen molar-refractivity contribution in [3.8, 4) is 0 Å². The number of hydrogen-bond acceptors (Lipinski definition) is 3. The van der Waals surface area contributed by atoms with Gasteiger partial charge in [-0.3, -0.25) is 4.79 Å². The Morgan fingerprint density at radius 2 is 1.92 bits per heavy atom. The molecular weight excluding hydrogens is 304 g/mol. The number of carbonyl (C=O) groups is 3. The van der Waals surface area contributed by atoms with Crippen LogP contribution in [0, 0.1) is 6.92 Å². The van der Waals surface area contributed by atoms with Crippen molar-refractivity contribution in [2.45, 2.75) is 52.1 Å². The monoisotopic (exact) mass is 331 g/mol. The maximum Gasteiger partial charge on any atom is 0.321 e. The maximum absolute atomic E-state index is 12.5. The van der Waals surface area contributed by atoms with Crippen LogP contribution in [0.3, 0.4) is 0 Å². The topological polar surface area (TPSA) is 54.5 Å². The average Bonchev–Trinajstić information content (AvgIpc) is 2.96. The van der Waals surface area contributed by atoms with Gasteiger partial charge in [-0.1, -0.05) is 29.8 Å². The number of imide groups is 1. The molecule has 0 saturated carbocycles. The molecule has 1 aromatic rings. The van der Waals surface area contributed by atoms with Gasteiger partial charge in [-0.2, -0.15) is 4.48 Å². The molecule has 2 rings (SSSR count). The minimum Gasteiger partial charge on any atom is -0.341 e. The van der Waals surface area contributed by atoms with Crippen molar-refractivity contribution in [2.75, 3.05) is 13.6 Å². The van der Waals surface area contributed by atoms with E-state index in [0.29, 0.717) is 13.1 Å². The first-order chi connectivity index (χ1) is 11.4. The van der Waals surface area contributed by atoms with Crippen LogP contribution < -0.4 is 0 Å². The second kappa shape index (κ2) is 7.71. The molecule has 0 radical (unpaired) electrons. The Kier molecular flexibility index (Phi) is 5.89. The van der Waals surface area contributed by atoms with Crippen molar-refractivity contribution in [2.24, 2.45) is 0 Å². The summed E-state index contributed by atoms with van der Waals surface area (Å²) in [6.45, 7) is 5.05. The van der Waals surface area contributed by atoms with Gasteiger partial charge in [0.25, 0.3) is 0 Å². The molecular formula is C19H27N2O3+. The highest BCUT2D eigenvalue weighted by atomic mass is 16.2. The van der Waals surface area contributed by atoms with Gasteiger partial charge in [-0.05, 0) is 19.4 Å². The van der Waals surface area contributed by atoms with E-state index < -0.39 is 0 Å². The van der Waals surface area contributed by atoms with E-state index in [4.69, 9.17) is 0 Å². The lowest BCUT2D eigenvalue weighted by Crippen LogP contribution is -2.54. The van der Waals surface area contributed by atoms with Gasteiger partial charge in [0, 0.05) is 32.9 Å². The number of amides is 3. The second-order valence-electron chi connectivity index (χ2n) is 6.88. The number of carbonyl (C=O) groups excluding carboxylic acids is 3. The molecule has 1 unspecified atom stereocenters.